The third-order valence-corrected chi connectivity index (χ3v) is 6.32. The van der Waals surface area contributed by atoms with Gasteiger partial charge in [-0.3, -0.25) is 4.99 Å². The molecule has 0 spiro atoms. The number of rotatable bonds is 9. The van der Waals surface area contributed by atoms with Gasteiger partial charge in [-0.1, -0.05) is 6.92 Å². The molecule has 9 heteroatoms. The van der Waals surface area contributed by atoms with E-state index in [0.29, 0.717) is 6.04 Å². The summed E-state index contributed by atoms with van der Waals surface area (Å²) >= 11 is 1.79. The molecule has 1 aliphatic rings. The van der Waals surface area contributed by atoms with Crippen molar-refractivity contribution < 1.29 is 9.47 Å². The van der Waals surface area contributed by atoms with Crippen LogP contribution in [0.4, 0.5) is 5.69 Å². The second-order valence-corrected chi connectivity index (χ2v) is 8.43. The van der Waals surface area contributed by atoms with Crippen molar-refractivity contribution in [2.24, 2.45) is 4.99 Å². The van der Waals surface area contributed by atoms with E-state index >= 15 is 0 Å². The number of aliphatic imine (C=N–C) groups is 1. The molecular formula is C22H34IN5O2S. The molecule has 31 heavy (non-hydrogen) atoms. The van der Waals surface area contributed by atoms with Crippen molar-refractivity contribution in [3.05, 3.63) is 34.3 Å². The highest BCUT2D eigenvalue weighted by Gasteiger charge is 2.24. The summed E-state index contributed by atoms with van der Waals surface area (Å²) in [6, 6.07) is 6.36. The Morgan fingerprint density at radius 3 is 2.58 bits per heavy atom. The molecule has 1 fully saturated rings. The van der Waals surface area contributed by atoms with Crippen molar-refractivity contribution in [1.29, 1.82) is 0 Å². The molecule has 1 atom stereocenters. The number of hydrogen-bond donors (Lipinski definition) is 2. The van der Waals surface area contributed by atoms with Crippen molar-refractivity contribution in [2.45, 2.75) is 39.2 Å². The summed E-state index contributed by atoms with van der Waals surface area (Å²) in [5, 5.41) is 8.12. The zero-order valence-electron chi connectivity index (χ0n) is 18.8. The molecule has 1 aliphatic heterocycles. The first-order chi connectivity index (χ1) is 14.6. The maximum absolute atomic E-state index is 5.41. The molecule has 1 aromatic carbocycles. The predicted molar refractivity (Wildman–Crippen MR) is 140 cm³/mol. The number of benzene rings is 1. The summed E-state index contributed by atoms with van der Waals surface area (Å²) < 4.78 is 10.8. The lowest BCUT2D eigenvalue weighted by Gasteiger charge is -2.21. The SMILES string of the molecule is CCNC(=NCCc1ncc(CC)s1)NC1CCN(c2cc(OC)cc(OC)c2)C1.I. The van der Waals surface area contributed by atoms with Crippen LogP contribution in [0.2, 0.25) is 0 Å². The molecule has 0 bridgehead atoms. The quantitative estimate of drug-likeness (QED) is 0.278. The van der Waals surface area contributed by atoms with E-state index in [1.807, 2.05) is 12.3 Å². The van der Waals surface area contributed by atoms with E-state index in [-0.39, 0.29) is 24.0 Å². The van der Waals surface area contributed by atoms with Crippen molar-refractivity contribution in [3.8, 4) is 11.5 Å². The highest BCUT2D eigenvalue weighted by Crippen LogP contribution is 2.30. The Balaban J connectivity index is 0.00000341. The molecule has 0 amide bonds. The maximum Gasteiger partial charge on any atom is 0.191 e. The third kappa shape index (κ3) is 7.41. The van der Waals surface area contributed by atoms with E-state index in [1.54, 1.807) is 25.6 Å². The van der Waals surface area contributed by atoms with Gasteiger partial charge in [-0.15, -0.1) is 35.3 Å². The molecule has 2 N–H and O–H groups in total. The van der Waals surface area contributed by atoms with Crippen LogP contribution in [0.15, 0.2) is 29.4 Å². The Morgan fingerprint density at radius 2 is 1.97 bits per heavy atom. The molecule has 172 valence electrons. The van der Waals surface area contributed by atoms with Gasteiger partial charge in [-0.05, 0) is 19.8 Å². The minimum absolute atomic E-state index is 0. The summed E-state index contributed by atoms with van der Waals surface area (Å²) in [6.07, 6.45) is 4.95. The molecule has 3 rings (SSSR count). The summed E-state index contributed by atoms with van der Waals surface area (Å²) in [4.78, 5) is 12.9. The number of nitrogens with one attached hydrogen (secondary N) is 2. The Hall–Kier alpha value is -1.75. The topological polar surface area (TPSA) is 71.0 Å². The number of aromatic nitrogens is 1. The lowest BCUT2D eigenvalue weighted by Crippen LogP contribution is -2.44. The van der Waals surface area contributed by atoms with Gasteiger partial charge in [0.05, 0.1) is 19.2 Å². The number of anilines is 1. The van der Waals surface area contributed by atoms with E-state index in [9.17, 15) is 0 Å². The number of methoxy groups -OCH3 is 2. The summed E-state index contributed by atoms with van der Waals surface area (Å²) in [7, 11) is 3.36. The molecule has 2 aromatic rings. The molecule has 0 radical (unpaired) electrons. The summed E-state index contributed by atoms with van der Waals surface area (Å²) in [5.41, 5.74) is 1.12. The Morgan fingerprint density at radius 1 is 1.23 bits per heavy atom. The van der Waals surface area contributed by atoms with Crippen LogP contribution >= 0.6 is 35.3 Å². The predicted octanol–water partition coefficient (Wildman–Crippen LogP) is 3.72. The van der Waals surface area contributed by atoms with Crippen LogP contribution in [-0.4, -0.2) is 57.4 Å². The van der Waals surface area contributed by atoms with Gasteiger partial charge in [0.1, 0.15) is 11.5 Å². The zero-order valence-corrected chi connectivity index (χ0v) is 22.0. The van der Waals surface area contributed by atoms with E-state index in [1.165, 1.54) is 4.88 Å². The van der Waals surface area contributed by atoms with Gasteiger partial charge in [-0.25, -0.2) is 4.98 Å². The number of guanidine groups is 1. The normalized spacial score (nSPS) is 16.1. The van der Waals surface area contributed by atoms with Gasteiger partial charge < -0.3 is 25.0 Å². The summed E-state index contributed by atoms with van der Waals surface area (Å²) in [5.74, 6) is 2.49. The molecule has 1 unspecified atom stereocenters. The van der Waals surface area contributed by atoms with Crippen LogP contribution in [0.5, 0.6) is 11.5 Å². The number of thiazole rings is 1. The van der Waals surface area contributed by atoms with Crippen molar-refractivity contribution >= 4 is 47.0 Å². The van der Waals surface area contributed by atoms with Gasteiger partial charge in [0.25, 0.3) is 0 Å². The Bertz CT molecular complexity index is 823. The molecule has 2 heterocycles. The van der Waals surface area contributed by atoms with Gasteiger partial charge in [0.15, 0.2) is 5.96 Å². The van der Waals surface area contributed by atoms with Crippen LogP contribution in [0, 0.1) is 0 Å². The highest BCUT2D eigenvalue weighted by atomic mass is 127. The van der Waals surface area contributed by atoms with E-state index in [4.69, 9.17) is 14.5 Å². The molecule has 7 nitrogen and oxygen atoms in total. The fourth-order valence-electron chi connectivity index (χ4n) is 3.49. The molecule has 0 aliphatic carbocycles. The van der Waals surface area contributed by atoms with Crippen LogP contribution in [0.3, 0.4) is 0 Å². The molecule has 1 saturated heterocycles. The van der Waals surface area contributed by atoms with Crippen molar-refractivity contribution in [1.82, 2.24) is 15.6 Å². The number of aryl methyl sites for hydroxylation is 1. The fraction of sp³-hybridized carbons (Fsp3) is 0.545. The van der Waals surface area contributed by atoms with E-state index < -0.39 is 0 Å². The first-order valence-electron chi connectivity index (χ1n) is 10.6. The van der Waals surface area contributed by atoms with Gasteiger partial charge in [0, 0.05) is 73.6 Å². The maximum atomic E-state index is 5.41. The van der Waals surface area contributed by atoms with Crippen molar-refractivity contribution in [3.63, 3.8) is 0 Å². The monoisotopic (exact) mass is 559 g/mol. The summed E-state index contributed by atoms with van der Waals surface area (Å²) in [6.45, 7) is 7.71. The van der Waals surface area contributed by atoms with E-state index in [0.717, 1.165) is 73.6 Å². The standard InChI is InChI=1S/C22H33N5O2S.HI/c1-5-20-14-25-21(30-20)7-9-24-22(23-6-2)26-16-8-10-27(15-16)17-11-18(28-3)13-19(12-17)29-4;/h11-14,16H,5-10,15H2,1-4H3,(H2,23,24,26);1H. The average Bonchev–Trinajstić information content (AvgIpc) is 3.43. The zero-order chi connectivity index (χ0) is 21.3. The first-order valence-corrected chi connectivity index (χ1v) is 11.4. The second kappa shape index (κ2) is 12.9. The van der Waals surface area contributed by atoms with Gasteiger partial charge in [0.2, 0.25) is 0 Å². The highest BCUT2D eigenvalue weighted by molar-refractivity contribution is 14.0. The molecule has 1 aromatic heterocycles. The van der Waals surface area contributed by atoms with Crippen molar-refractivity contribution in [2.75, 3.05) is 45.3 Å². The number of hydrogen-bond acceptors (Lipinski definition) is 6. The van der Waals surface area contributed by atoms with E-state index in [2.05, 4.69) is 46.5 Å². The number of ether oxygens (including phenoxy) is 2. The Labute approximate surface area is 206 Å². The minimum Gasteiger partial charge on any atom is -0.497 e. The average molecular weight is 560 g/mol. The lowest BCUT2D eigenvalue weighted by atomic mass is 10.2. The largest absolute Gasteiger partial charge is 0.497 e. The van der Waals surface area contributed by atoms with Crippen LogP contribution in [0.25, 0.3) is 0 Å². The molecular weight excluding hydrogens is 525 g/mol. The van der Waals surface area contributed by atoms with Crippen LogP contribution in [-0.2, 0) is 12.8 Å². The Kier molecular flexibility index (Phi) is 10.7. The third-order valence-electron chi connectivity index (χ3n) is 5.12. The van der Waals surface area contributed by atoms with Gasteiger partial charge in [-0.2, -0.15) is 0 Å². The molecule has 0 saturated carbocycles. The lowest BCUT2D eigenvalue weighted by molar-refractivity contribution is 0.394. The fourth-order valence-corrected chi connectivity index (χ4v) is 4.34. The number of nitrogens with zero attached hydrogens (tertiary/aromatic N) is 3. The minimum atomic E-state index is 0. The number of halogens is 1. The van der Waals surface area contributed by atoms with Gasteiger partial charge >= 0.3 is 0 Å². The second-order valence-electron chi connectivity index (χ2n) is 7.23. The van der Waals surface area contributed by atoms with Crippen LogP contribution < -0.4 is 25.0 Å². The first kappa shape index (κ1) is 25.5. The smallest absolute Gasteiger partial charge is 0.191 e. The van der Waals surface area contributed by atoms with Crippen LogP contribution in [0.1, 0.15) is 30.2 Å².